The molecule has 0 spiro atoms. The Kier molecular flexibility index (Phi) is 6.18. The van der Waals surface area contributed by atoms with Crippen LogP contribution >= 0.6 is 0 Å². The van der Waals surface area contributed by atoms with Gasteiger partial charge in [0, 0.05) is 35.1 Å². The zero-order valence-corrected chi connectivity index (χ0v) is 18.5. The van der Waals surface area contributed by atoms with E-state index in [1.165, 1.54) is 11.0 Å². The lowest BCUT2D eigenvalue weighted by Gasteiger charge is -2.32. The largest absolute Gasteiger partial charge is 0.573 e. The molecule has 1 saturated heterocycles. The number of halogens is 4. The van der Waals surface area contributed by atoms with E-state index in [1.807, 2.05) is 24.3 Å². The van der Waals surface area contributed by atoms with Crippen LogP contribution in [0.25, 0.3) is 22.2 Å². The predicted molar refractivity (Wildman–Crippen MR) is 120 cm³/mol. The second-order valence-electron chi connectivity index (χ2n) is 7.89. The molecule has 186 valence electrons. The Bertz CT molecular complexity index is 1390. The van der Waals surface area contributed by atoms with Gasteiger partial charge in [0.25, 0.3) is 5.91 Å². The first-order valence-electron chi connectivity index (χ1n) is 10.8. The third-order valence-corrected chi connectivity index (χ3v) is 5.53. The van der Waals surface area contributed by atoms with Crippen LogP contribution in [0.1, 0.15) is 0 Å². The molecule has 1 fully saturated rings. The van der Waals surface area contributed by atoms with Gasteiger partial charge in [0.1, 0.15) is 30.6 Å². The number of anilines is 1. The Morgan fingerprint density at radius 1 is 1.11 bits per heavy atom. The molecule has 0 saturated carbocycles. The standard InChI is InChI=1S/C24H18F4N4O4/c25-18-10-14(3-5-20(18)36-24(26,27)28)32-11-15(34-13-22(32)33)12-35-21-6-4-16(19-7-9-30-31-19)17-2-1-8-29-23(17)21/h1-10,15H,11-13H2,(H,30,31)/t15-/m0/s1. The Hall–Kier alpha value is -4.19. The number of aromatic nitrogens is 3. The summed E-state index contributed by atoms with van der Waals surface area (Å²) >= 11 is 0. The van der Waals surface area contributed by atoms with E-state index in [1.54, 1.807) is 18.5 Å². The highest BCUT2D eigenvalue weighted by molar-refractivity contribution is 5.97. The van der Waals surface area contributed by atoms with Crippen molar-refractivity contribution in [1.29, 1.82) is 0 Å². The summed E-state index contributed by atoms with van der Waals surface area (Å²) in [5.74, 6) is -2.19. The number of fused-ring (bicyclic) bond motifs is 1. The average molecular weight is 502 g/mol. The normalized spacial score (nSPS) is 16.4. The number of benzene rings is 2. The molecule has 8 nitrogen and oxygen atoms in total. The van der Waals surface area contributed by atoms with Gasteiger partial charge in [-0.1, -0.05) is 6.07 Å². The summed E-state index contributed by atoms with van der Waals surface area (Å²) in [5, 5.41) is 7.75. The molecule has 0 radical (unpaired) electrons. The van der Waals surface area contributed by atoms with E-state index >= 15 is 0 Å². The van der Waals surface area contributed by atoms with E-state index in [0.717, 1.165) is 28.8 Å². The maximum Gasteiger partial charge on any atom is 0.573 e. The van der Waals surface area contributed by atoms with Crippen LogP contribution in [0.15, 0.2) is 60.9 Å². The summed E-state index contributed by atoms with van der Waals surface area (Å²) < 4.78 is 66.6. The zero-order valence-electron chi connectivity index (χ0n) is 18.5. The monoisotopic (exact) mass is 502 g/mol. The highest BCUT2D eigenvalue weighted by Crippen LogP contribution is 2.33. The Morgan fingerprint density at radius 3 is 2.69 bits per heavy atom. The molecule has 0 bridgehead atoms. The summed E-state index contributed by atoms with van der Waals surface area (Å²) in [6.45, 7) is -0.236. The number of carbonyl (C=O) groups excluding carboxylic acids is 1. The van der Waals surface area contributed by atoms with Crippen LogP contribution in [-0.2, 0) is 9.53 Å². The van der Waals surface area contributed by atoms with Gasteiger partial charge in [-0.3, -0.25) is 14.9 Å². The van der Waals surface area contributed by atoms with Gasteiger partial charge in [-0.05, 0) is 36.4 Å². The lowest BCUT2D eigenvalue weighted by molar-refractivity contribution is -0.275. The van der Waals surface area contributed by atoms with Crippen molar-refractivity contribution >= 4 is 22.5 Å². The molecular weight excluding hydrogens is 484 g/mol. The fourth-order valence-corrected chi connectivity index (χ4v) is 3.93. The fraction of sp³-hybridized carbons (Fsp3) is 0.208. The number of nitrogens with zero attached hydrogens (tertiary/aromatic N) is 3. The minimum absolute atomic E-state index is 0.00926. The van der Waals surface area contributed by atoms with E-state index in [-0.39, 0.29) is 25.4 Å². The number of ether oxygens (including phenoxy) is 3. The Balaban J connectivity index is 1.31. The van der Waals surface area contributed by atoms with E-state index in [2.05, 4.69) is 19.9 Å². The van der Waals surface area contributed by atoms with Crippen molar-refractivity contribution in [1.82, 2.24) is 15.2 Å². The first kappa shape index (κ1) is 23.5. The molecule has 1 aliphatic rings. The number of nitrogens with one attached hydrogen (secondary N) is 1. The van der Waals surface area contributed by atoms with Crippen molar-refractivity contribution in [3.05, 3.63) is 66.7 Å². The molecule has 0 aliphatic carbocycles. The summed E-state index contributed by atoms with van der Waals surface area (Å²) in [4.78, 5) is 18.0. The quantitative estimate of drug-likeness (QED) is 0.392. The molecule has 2 aromatic heterocycles. The van der Waals surface area contributed by atoms with E-state index in [0.29, 0.717) is 11.3 Å². The molecule has 4 aromatic rings. The minimum Gasteiger partial charge on any atom is -0.489 e. The molecule has 5 rings (SSSR count). The van der Waals surface area contributed by atoms with Gasteiger partial charge in [0.15, 0.2) is 11.6 Å². The van der Waals surface area contributed by atoms with Gasteiger partial charge in [0.2, 0.25) is 0 Å². The number of H-pyrrole nitrogens is 1. The van der Waals surface area contributed by atoms with Gasteiger partial charge >= 0.3 is 6.36 Å². The minimum atomic E-state index is -5.03. The summed E-state index contributed by atoms with van der Waals surface area (Å²) in [6.07, 6.45) is -2.32. The lowest BCUT2D eigenvalue weighted by Crippen LogP contribution is -2.48. The third-order valence-electron chi connectivity index (χ3n) is 5.53. The van der Waals surface area contributed by atoms with Crippen LogP contribution in [-0.4, -0.2) is 53.3 Å². The van der Waals surface area contributed by atoms with Crippen molar-refractivity contribution in [3.8, 4) is 22.8 Å². The number of hydrogen-bond acceptors (Lipinski definition) is 6. The van der Waals surface area contributed by atoms with Crippen molar-refractivity contribution in [2.45, 2.75) is 12.5 Å². The summed E-state index contributed by atoms with van der Waals surface area (Å²) in [7, 11) is 0. The summed E-state index contributed by atoms with van der Waals surface area (Å²) in [5.41, 5.74) is 2.42. The second-order valence-corrected chi connectivity index (χ2v) is 7.89. The van der Waals surface area contributed by atoms with Gasteiger partial charge < -0.3 is 19.1 Å². The van der Waals surface area contributed by atoms with Gasteiger partial charge in [-0.25, -0.2) is 4.39 Å². The fourth-order valence-electron chi connectivity index (χ4n) is 3.93. The third kappa shape index (κ3) is 4.93. The lowest BCUT2D eigenvalue weighted by atomic mass is 10.1. The number of hydrogen-bond donors (Lipinski definition) is 1. The Labute approximate surface area is 201 Å². The van der Waals surface area contributed by atoms with Crippen LogP contribution in [0, 0.1) is 5.82 Å². The second kappa shape index (κ2) is 9.46. The number of aromatic amines is 1. The smallest absolute Gasteiger partial charge is 0.489 e. The zero-order chi connectivity index (χ0) is 25.3. The van der Waals surface area contributed by atoms with Crippen LogP contribution in [0.2, 0.25) is 0 Å². The molecule has 12 heteroatoms. The SMILES string of the molecule is O=C1CO[C@H](COc2ccc(-c3ccn[nH]3)c3cccnc23)CN1c1ccc(OC(F)(F)F)c(F)c1. The van der Waals surface area contributed by atoms with Gasteiger partial charge in [-0.2, -0.15) is 5.10 Å². The molecule has 36 heavy (non-hydrogen) atoms. The number of rotatable bonds is 6. The topological polar surface area (TPSA) is 89.6 Å². The maximum atomic E-state index is 14.2. The number of morpholine rings is 1. The number of carbonyl (C=O) groups is 1. The van der Waals surface area contributed by atoms with Crippen LogP contribution in [0.5, 0.6) is 11.5 Å². The highest BCUT2D eigenvalue weighted by Gasteiger charge is 2.33. The maximum absolute atomic E-state index is 14.2. The molecule has 3 heterocycles. The molecule has 0 unspecified atom stereocenters. The van der Waals surface area contributed by atoms with Gasteiger partial charge in [-0.15, -0.1) is 13.2 Å². The molecule has 1 N–H and O–H groups in total. The number of pyridine rings is 1. The Morgan fingerprint density at radius 2 is 1.94 bits per heavy atom. The van der Waals surface area contributed by atoms with Crippen LogP contribution in [0.3, 0.4) is 0 Å². The van der Waals surface area contributed by atoms with E-state index in [4.69, 9.17) is 9.47 Å². The molecule has 1 aliphatic heterocycles. The molecule has 1 amide bonds. The van der Waals surface area contributed by atoms with Crippen molar-refractivity contribution in [3.63, 3.8) is 0 Å². The first-order valence-corrected chi connectivity index (χ1v) is 10.8. The van der Waals surface area contributed by atoms with Crippen molar-refractivity contribution in [2.75, 3.05) is 24.7 Å². The summed E-state index contributed by atoms with van der Waals surface area (Å²) in [6, 6.07) is 12.0. The first-order chi connectivity index (χ1) is 17.3. The van der Waals surface area contributed by atoms with Crippen molar-refractivity contribution < 1.29 is 36.6 Å². The van der Waals surface area contributed by atoms with E-state index < -0.39 is 29.9 Å². The number of amides is 1. The predicted octanol–water partition coefficient (Wildman–Crippen LogP) is 4.47. The average Bonchev–Trinajstić information content (AvgIpc) is 3.38. The van der Waals surface area contributed by atoms with E-state index in [9.17, 15) is 22.4 Å². The van der Waals surface area contributed by atoms with Crippen molar-refractivity contribution in [2.24, 2.45) is 0 Å². The van der Waals surface area contributed by atoms with Gasteiger partial charge in [0.05, 0.1) is 12.2 Å². The molecular formula is C24H18F4N4O4. The molecule has 1 atom stereocenters. The van der Waals surface area contributed by atoms with Crippen LogP contribution in [0.4, 0.5) is 23.2 Å². The number of alkyl halides is 3. The molecule has 2 aromatic carbocycles. The van der Waals surface area contributed by atoms with Crippen LogP contribution < -0.4 is 14.4 Å². The highest BCUT2D eigenvalue weighted by atomic mass is 19.4.